The zero-order chi connectivity index (χ0) is 16.6. The highest BCUT2D eigenvalue weighted by molar-refractivity contribution is 7.91. The average molecular weight is 346 g/mol. The predicted molar refractivity (Wildman–Crippen MR) is 92.1 cm³/mol. The molecule has 2 saturated heterocycles. The Balaban J connectivity index is 1.53. The van der Waals surface area contributed by atoms with Crippen LogP contribution in [0.3, 0.4) is 0 Å². The maximum atomic E-state index is 12.3. The highest BCUT2D eigenvalue weighted by Crippen LogP contribution is 2.28. The van der Waals surface area contributed by atoms with Crippen LogP contribution in [0, 0.1) is 0 Å². The van der Waals surface area contributed by atoms with Crippen molar-refractivity contribution in [2.45, 2.75) is 25.2 Å². The van der Waals surface area contributed by atoms with Crippen LogP contribution in [0.4, 0.5) is 0 Å². The van der Waals surface area contributed by atoms with Gasteiger partial charge in [0.05, 0.1) is 18.1 Å². The number of piperazine rings is 1. The van der Waals surface area contributed by atoms with E-state index >= 15 is 0 Å². The van der Waals surface area contributed by atoms with Crippen molar-refractivity contribution in [3.8, 4) is 0 Å². The number of rotatable bonds is 4. The van der Waals surface area contributed by atoms with Gasteiger partial charge in [0.1, 0.15) is 5.82 Å². The van der Waals surface area contributed by atoms with Crippen LogP contribution in [0.15, 0.2) is 42.7 Å². The molecule has 6 nitrogen and oxygen atoms in total. The molecule has 2 fully saturated rings. The monoisotopic (exact) mass is 346 g/mol. The molecule has 1 N–H and O–H groups in total. The van der Waals surface area contributed by atoms with Crippen LogP contribution in [-0.4, -0.2) is 64.9 Å². The molecule has 0 aliphatic carbocycles. The smallest absolute Gasteiger partial charge is 0.153 e. The fourth-order valence-electron chi connectivity index (χ4n) is 3.88. The quantitative estimate of drug-likeness (QED) is 0.891. The zero-order valence-corrected chi connectivity index (χ0v) is 14.3. The molecule has 1 aromatic carbocycles. The molecular formula is C17H22N4O2S. The summed E-state index contributed by atoms with van der Waals surface area (Å²) in [4.78, 5) is 12.0. The van der Waals surface area contributed by atoms with Crippen molar-refractivity contribution < 1.29 is 8.42 Å². The number of hydrogen-bond acceptors (Lipinski definition) is 5. The molecule has 2 aromatic rings. The van der Waals surface area contributed by atoms with Crippen molar-refractivity contribution in [3.05, 3.63) is 54.1 Å². The summed E-state index contributed by atoms with van der Waals surface area (Å²) in [6.07, 6.45) is 3.55. The van der Waals surface area contributed by atoms with Crippen LogP contribution in [0.1, 0.15) is 11.4 Å². The van der Waals surface area contributed by atoms with E-state index in [0.29, 0.717) is 6.54 Å². The zero-order valence-electron chi connectivity index (χ0n) is 13.5. The first-order chi connectivity index (χ1) is 11.6. The Morgan fingerprint density at radius 2 is 1.71 bits per heavy atom. The van der Waals surface area contributed by atoms with Crippen molar-refractivity contribution in [1.29, 1.82) is 0 Å². The van der Waals surface area contributed by atoms with Gasteiger partial charge in [-0.15, -0.1) is 0 Å². The summed E-state index contributed by atoms with van der Waals surface area (Å²) >= 11 is 0. The van der Waals surface area contributed by atoms with Gasteiger partial charge in [-0.3, -0.25) is 9.80 Å². The Morgan fingerprint density at radius 3 is 2.33 bits per heavy atom. The summed E-state index contributed by atoms with van der Waals surface area (Å²) in [5.41, 5.74) is 1.24. The van der Waals surface area contributed by atoms with Gasteiger partial charge in [0.15, 0.2) is 9.84 Å². The average Bonchev–Trinajstić information content (AvgIpc) is 3.17. The number of benzene rings is 1. The van der Waals surface area contributed by atoms with Gasteiger partial charge < -0.3 is 4.98 Å². The molecule has 24 heavy (non-hydrogen) atoms. The van der Waals surface area contributed by atoms with Gasteiger partial charge in [0.2, 0.25) is 0 Å². The molecular weight excluding hydrogens is 324 g/mol. The molecule has 4 rings (SSSR count). The summed E-state index contributed by atoms with van der Waals surface area (Å²) < 4.78 is 24.5. The molecule has 2 atom stereocenters. The predicted octanol–water partition coefficient (Wildman–Crippen LogP) is 0.893. The normalized spacial score (nSPS) is 27.2. The lowest BCUT2D eigenvalue weighted by molar-refractivity contribution is 0.0341. The molecule has 0 radical (unpaired) electrons. The minimum absolute atomic E-state index is 0.0533. The second-order valence-electron chi connectivity index (χ2n) is 6.67. The molecule has 1 aromatic heterocycles. The highest BCUT2D eigenvalue weighted by atomic mass is 32.2. The van der Waals surface area contributed by atoms with Crippen molar-refractivity contribution in [3.63, 3.8) is 0 Å². The van der Waals surface area contributed by atoms with E-state index in [1.807, 2.05) is 24.4 Å². The number of nitrogens with zero attached hydrogens (tertiary/aromatic N) is 3. The highest BCUT2D eigenvalue weighted by Gasteiger charge is 2.46. The lowest BCUT2D eigenvalue weighted by Crippen LogP contribution is -2.58. The van der Waals surface area contributed by atoms with Crippen molar-refractivity contribution in [2.24, 2.45) is 0 Å². The Labute approximate surface area is 142 Å². The fraction of sp³-hybridized carbons (Fsp3) is 0.471. The Bertz CT molecular complexity index is 776. The largest absolute Gasteiger partial charge is 0.348 e. The first-order valence-corrected chi connectivity index (χ1v) is 10.1. The lowest BCUT2D eigenvalue weighted by Gasteiger charge is -2.43. The Morgan fingerprint density at radius 1 is 1.04 bits per heavy atom. The third-order valence-corrected chi connectivity index (χ3v) is 6.74. The molecule has 0 bridgehead atoms. The number of sulfone groups is 1. The third kappa shape index (κ3) is 3.24. The van der Waals surface area contributed by atoms with E-state index in [2.05, 4.69) is 31.9 Å². The Kier molecular flexibility index (Phi) is 4.15. The topological polar surface area (TPSA) is 69.3 Å². The summed E-state index contributed by atoms with van der Waals surface area (Å²) in [5.74, 6) is 1.41. The van der Waals surface area contributed by atoms with Gasteiger partial charge in [-0.1, -0.05) is 30.3 Å². The minimum atomic E-state index is -2.98. The van der Waals surface area contributed by atoms with Crippen molar-refractivity contribution >= 4 is 9.84 Å². The summed E-state index contributed by atoms with van der Waals surface area (Å²) in [7, 11) is -2.98. The number of imidazole rings is 1. The maximum absolute atomic E-state index is 12.3. The molecule has 2 aliphatic heterocycles. The van der Waals surface area contributed by atoms with Gasteiger partial charge in [0.25, 0.3) is 0 Å². The standard InChI is InChI=1S/C17H22N4O2S/c22-24(23)12-15-16(13-24)21(11-17-18-6-7-19-17)9-8-20(15)10-14-4-2-1-3-5-14/h1-7,15-16H,8-13H2,(H,18,19)/t15-,16+/m1/s1. The molecule has 0 unspecified atom stereocenters. The molecule has 7 heteroatoms. The van der Waals surface area contributed by atoms with E-state index in [1.165, 1.54) is 5.56 Å². The van der Waals surface area contributed by atoms with E-state index in [9.17, 15) is 8.42 Å². The first-order valence-electron chi connectivity index (χ1n) is 8.31. The van der Waals surface area contributed by atoms with Crippen LogP contribution < -0.4 is 0 Å². The van der Waals surface area contributed by atoms with Crippen LogP contribution >= 0.6 is 0 Å². The number of hydrogen-bond donors (Lipinski definition) is 1. The molecule has 128 valence electrons. The van der Waals surface area contributed by atoms with Crippen LogP contribution in [-0.2, 0) is 22.9 Å². The first kappa shape index (κ1) is 15.8. The number of fused-ring (bicyclic) bond motifs is 1. The summed E-state index contributed by atoms with van der Waals surface area (Å²) in [6, 6.07) is 10.4. The molecule has 2 aliphatic rings. The number of H-pyrrole nitrogens is 1. The van der Waals surface area contributed by atoms with E-state index < -0.39 is 9.84 Å². The number of aromatic nitrogens is 2. The minimum Gasteiger partial charge on any atom is -0.348 e. The molecule has 3 heterocycles. The van der Waals surface area contributed by atoms with Crippen LogP contribution in [0.25, 0.3) is 0 Å². The molecule has 0 spiro atoms. The second-order valence-corrected chi connectivity index (χ2v) is 8.83. The lowest BCUT2D eigenvalue weighted by atomic mass is 10.0. The van der Waals surface area contributed by atoms with Gasteiger partial charge in [-0.25, -0.2) is 13.4 Å². The van der Waals surface area contributed by atoms with Crippen LogP contribution in [0.2, 0.25) is 0 Å². The van der Waals surface area contributed by atoms with Gasteiger partial charge in [-0.2, -0.15) is 0 Å². The van der Waals surface area contributed by atoms with Crippen molar-refractivity contribution in [1.82, 2.24) is 19.8 Å². The van der Waals surface area contributed by atoms with Gasteiger partial charge in [0, 0.05) is 44.1 Å². The van der Waals surface area contributed by atoms with Crippen molar-refractivity contribution in [2.75, 3.05) is 24.6 Å². The molecule has 0 saturated carbocycles. The second kappa shape index (κ2) is 6.31. The maximum Gasteiger partial charge on any atom is 0.153 e. The molecule has 0 amide bonds. The van der Waals surface area contributed by atoms with E-state index in [0.717, 1.165) is 25.5 Å². The summed E-state index contributed by atoms with van der Waals surface area (Å²) in [5, 5.41) is 0. The fourth-order valence-corrected chi connectivity index (χ4v) is 5.93. The van der Waals surface area contributed by atoms with Crippen LogP contribution in [0.5, 0.6) is 0 Å². The Hall–Kier alpha value is -1.70. The van der Waals surface area contributed by atoms with Gasteiger partial charge in [-0.05, 0) is 5.56 Å². The number of nitrogens with one attached hydrogen (secondary N) is 1. The van der Waals surface area contributed by atoms with Gasteiger partial charge >= 0.3 is 0 Å². The summed E-state index contributed by atoms with van der Waals surface area (Å²) in [6.45, 7) is 3.24. The van der Waals surface area contributed by atoms with E-state index in [-0.39, 0.29) is 23.6 Å². The third-order valence-electron chi connectivity index (χ3n) is 5.04. The number of aromatic amines is 1. The van der Waals surface area contributed by atoms with E-state index in [1.54, 1.807) is 6.20 Å². The SMILES string of the molecule is O=S1(=O)C[C@@H]2[C@H](C1)N(Cc1ncc[nH]1)CCN2Cc1ccccc1. The van der Waals surface area contributed by atoms with E-state index in [4.69, 9.17) is 0 Å².